The largest absolute Gasteiger partial charge is 0.471 e. The van der Waals surface area contributed by atoms with Gasteiger partial charge in [-0.1, -0.05) is 11.6 Å². The summed E-state index contributed by atoms with van der Waals surface area (Å²) in [6.45, 7) is 0.204. The van der Waals surface area contributed by atoms with Crippen molar-refractivity contribution in [3.05, 3.63) is 65.2 Å². The molecule has 0 aliphatic carbocycles. The molecular weight excluding hydrogens is 377 g/mol. The lowest BCUT2D eigenvalue weighted by Crippen LogP contribution is -2.14. The first-order valence-electron chi connectivity index (χ1n) is 7.91. The van der Waals surface area contributed by atoms with Crippen molar-refractivity contribution >= 4 is 23.2 Å². The maximum atomic E-state index is 13.1. The molecule has 2 heterocycles. The molecule has 27 heavy (non-hydrogen) atoms. The standard InChI is InChI=1S/C18H13ClFN3O4/c19-13-8-12(2-3-14(13)20)25-9-23-6-5-15(22-23)18(24)21-11-1-4-16-17(7-11)27-10-26-16/h1-8H,9-10H2,(H,21,24). The number of amides is 1. The van der Waals surface area contributed by atoms with Gasteiger partial charge >= 0.3 is 0 Å². The van der Waals surface area contributed by atoms with E-state index in [2.05, 4.69) is 10.4 Å². The van der Waals surface area contributed by atoms with Gasteiger partial charge in [-0.05, 0) is 30.3 Å². The molecule has 0 atom stereocenters. The van der Waals surface area contributed by atoms with E-state index in [1.54, 1.807) is 30.5 Å². The van der Waals surface area contributed by atoms with Crippen LogP contribution in [-0.2, 0) is 6.73 Å². The van der Waals surface area contributed by atoms with Gasteiger partial charge in [-0.25, -0.2) is 9.07 Å². The predicted octanol–water partition coefficient (Wildman–Crippen LogP) is 3.69. The highest BCUT2D eigenvalue weighted by molar-refractivity contribution is 6.30. The van der Waals surface area contributed by atoms with Crippen LogP contribution in [0.5, 0.6) is 17.2 Å². The first-order valence-corrected chi connectivity index (χ1v) is 8.28. The van der Waals surface area contributed by atoms with Crippen molar-refractivity contribution in [2.75, 3.05) is 12.1 Å². The van der Waals surface area contributed by atoms with E-state index in [4.69, 9.17) is 25.8 Å². The molecule has 1 aliphatic heterocycles. The minimum absolute atomic E-state index is 0.0308. The number of benzene rings is 2. The molecule has 1 aromatic heterocycles. The average molecular weight is 390 g/mol. The number of hydrogen-bond acceptors (Lipinski definition) is 5. The van der Waals surface area contributed by atoms with E-state index >= 15 is 0 Å². The Kier molecular flexibility index (Phi) is 4.55. The zero-order valence-corrected chi connectivity index (χ0v) is 14.6. The Morgan fingerprint density at radius 3 is 2.93 bits per heavy atom. The van der Waals surface area contributed by atoms with Gasteiger partial charge in [-0.2, -0.15) is 5.10 Å². The lowest BCUT2D eigenvalue weighted by molar-refractivity contribution is 0.102. The third-order valence-corrected chi connectivity index (χ3v) is 4.05. The Morgan fingerprint density at radius 2 is 2.07 bits per heavy atom. The number of anilines is 1. The number of aromatic nitrogens is 2. The van der Waals surface area contributed by atoms with Gasteiger partial charge in [0.2, 0.25) is 6.79 Å². The van der Waals surface area contributed by atoms with Crippen LogP contribution in [0.2, 0.25) is 5.02 Å². The number of carbonyl (C=O) groups excluding carboxylic acids is 1. The first kappa shape index (κ1) is 17.2. The second-order valence-corrected chi connectivity index (χ2v) is 6.02. The molecule has 2 aromatic carbocycles. The van der Waals surface area contributed by atoms with Gasteiger partial charge in [0.1, 0.15) is 11.6 Å². The highest BCUT2D eigenvalue weighted by Gasteiger charge is 2.15. The highest BCUT2D eigenvalue weighted by atomic mass is 35.5. The Hall–Kier alpha value is -3.26. The number of hydrogen-bond donors (Lipinski definition) is 1. The van der Waals surface area contributed by atoms with E-state index in [0.717, 1.165) is 0 Å². The molecule has 0 unspecified atom stereocenters. The molecular formula is C18H13ClFN3O4. The van der Waals surface area contributed by atoms with Crippen molar-refractivity contribution in [2.45, 2.75) is 6.73 Å². The third kappa shape index (κ3) is 3.80. The van der Waals surface area contributed by atoms with Crippen molar-refractivity contribution in [3.63, 3.8) is 0 Å². The molecule has 3 aromatic rings. The Morgan fingerprint density at radius 1 is 1.22 bits per heavy atom. The number of carbonyl (C=O) groups is 1. The predicted molar refractivity (Wildman–Crippen MR) is 94.8 cm³/mol. The van der Waals surface area contributed by atoms with E-state index in [1.807, 2.05) is 0 Å². The summed E-state index contributed by atoms with van der Waals surface area (Å²) in [4.78, 5) is 12.3. The number of rotatable bonds is 5. The van der Waals surface area contributed by atoms with Gasteiger partial charge in [-0.3, -0.25) is 4.79 Å². The fraction of sp³-hybridized carbons (Fsp3) is 0.111. The molecule has 4 rings (SSSR count). The molecule has 0 spiro atoms. The number of halogens is 2. The summed E-state index contributed by atoms with van der Waals surface area (Å²) in [6, 6.07) is 10.7. The van der Waals surface area contributed by atoms with Crippen molar-refractivity contribution in [1.82, 2.24) is 9.78 Å². The average Bonchev–Trinajstić information content (AvgIpc) is 3.31. The Labute approximate surface area is 158 Å². The molecule has 9 heteroatoms. The summed E-state index contributed by atoms with van der Waals surface area (Å²) >= 11 is 5.71. The molecule has 138 valence electrons. The van der Waals surface area contributed by atoms with Crippen molar-refractivity contribution in [1.29, 1.82) is 0 Å². The van der Waals surface area contributed by atoms with Crippen LogP contribution < -0.4 is 19.5 Å². The van der Waals surface area contributed by atoms with Crippen LogP contribution in [0.15, 0.2) is 48.7 Å². The molecule has 0 bridgehead atoms. The monoisotopic (exact) mass is 389 g/mol. The van der Waals surface area contributed by atoms with Crippen LogP contribution in [0, 0.1) is 5.82 Å². The van der Waals surface area contributed by atoms with E-state index < -0.39 is 5.82 Å². The summed E-state index contributed by atoms with van der Waals surface area (Å²) in [5.74, 6) is 0.700. The maximum absolute atomic E-state index is 13.1. The molecule has 1 aliphatic rings. The van der Waals surface area contributed by atoms with Crippen LogP contribution in [0.25, 0.3) is 0 Å². The third-order valence-electron chi connectivity index (χ3n) is 3.76. The quantitative estimate of drug-likeness (QED) is 0.720. The van der Waals surface area contributed by atoms with Crippen LogP contribution in [0.3, 0.4) is 0 Å². The van der Waals surface area contributed by atoms with E-state index in [-0.39, 0.29) is 30.1 Å². The van der Waals surface area contributed by atoms with Crippen LogP contribution in [-0.4, -0.2) is 22.5 Å². The molecule has 0 radical (unpaired) electrons. The summed E-state index contributed by atoms with van der Waals surface area (Å²) in [6.07, 6.45) is 1.60. The zero-order chi connectivity index (χ0) is 18.8. The Bertz CT molecular complexity index is 1010. The van der Waals surface area contributed by atoms with E-state index in [0.29, 0.717) is 22.9 Å². The maximum Gasteiger partial charge on any atom is 0.276 e. The zero-order valence-electron chi connectivity index (χ0n) is 13.8. The van der Waals surface area contributed by atoms with Crippen LogP contribution >= 0.6 is 11.6 Å². The summed E-state index contributed by atoms with van der Waals surface area (Å²) < 4.78 is 30.6. The minimum atomic E-state index is -0.523. The van der Waals surface area contributed by atoms with Crippen molar-refractivity contribution < 1.29 is 23.4 Å². The summed E-state index contributed by atoms with van der Waals surface area (Å²) in [5.41, 5.74) is 0.782. The van der Waals surface area contributed by atoms with Gasteiger partial charge in [0.15, 0.2) is 23.9 Å². The second-order valence-electron chi connectivity index (χ2n) is 5.61. The normalized spacial score (nSPS) is 12.1. The summed E-state index contributed by atoms with van der Waals surface area (Å²) in [5, 5.41) is 6.86. The lowest BCUT2D eigenvalue weighted by Gasteiger charge is -2.07. The van der Waals surface area contributed by atoms with Crippen LogP contribution in [0.1, 0.15) is 10.5 Å². The van der Waals surface area contributed by atoms with Gasteiger partial charge in [-0.15, -0.1) is 0 Å². The van der Waals surface area contributed by atoms with Crippen molar-refractivity contribution in [2.24, 2.45) is 0 Å². The highest BCUT2D eigenvalue weighted by Crippen LogP contribution is 2.34. The first-order chi connectivity index (χ1) is 13.1. The van der Waals surface area contributed by atoms with E-state index in [9.17, 15) is 9.18 Å². The number of nitrogens with zero attached hydrogens (tertiary/aromatic N) is 2. The van der Waals surface area contributed by atoms with E-state index in [1.165, 1.54) is 22.9 Å². The molecule has 1 N–H and O–H groups in total. The van der Waals surface area contributed by atoms with Crippen LogP contribution in [0.4, 0.5) is 10.1 Å². The van der Waals surface area contributed by atoms with Gasteiger partial charge in [0.05, 0.1) is 5.02 Å². The molecule has 0 fully saturated rings. The minimum Gasteiger partial charge on any atom is -0.471 e. The van der Waals surface area contributed by atoms with Crippen molar-refractivity contribution in [3.8, 4) is 17.2 Å². The van der Waals surface area contributed by atoms with Gasteiger partial charge in [0, 0.05) is 24.0 Å². The van der Waals surface area contributed by atoms with Gasteiger partial charge in [0.25, 0.3) is 5.91 Å². The molecule has 0 saturated heterocycles. The SMILES string of the molecule is O=C(Nc1ccc2c(c1)OCO2)c1ccn(COc2ccc(F)c(Cl)c2)n1. The Balaban J connectivity index is 1.38. The fourth-order valence-corrected chi connectivity index (χ4v) is 2.60. The second kappa shape index (κ2) is 7.16. The molecule has 1 amide bonds. The van der Waals surface area contributed by atoms with Gasteiger partial charge < -0.3 is 19.5 Å². The molecule has 7 nitrogen and oxygen atoms in total. The number of nitrogens with one attached hydrogen (secondary N) is 1. The topological polar surface area (TPSA) is 74.6 Å². The number of fused-ring (bicyclic) bond motifs is 1. The summed E-state index contributed by atoms with van der Waals surface area (Å²) in [7, 11) is 0. The smallest absolute Gasteiger partial charge is 0.276 e. The molecule has 0 saturated carbocycles. The lowest BCUT2D eigenvalue weighted by atomic mass is 10.2. The number of ether oxygens (including phenoxy) is 3. The fourth-order valence-electron chi connectivity index (χ4n) is 2.43.